The van der Waals surface area contributed by atoms with Gasteiger partial charge in [-0.1, -0.05) is 12.1 Å². The van der Waals surface area contributed by atoms with Crippen LogP contribution in [0.2, 0.25) is 0 Å². The molecule has 0 aliphatic rings. The molecule has 1 aromatic carbocycles. The van der Waals surface area contributed by atoms with Crippen LogP contribution in [0.3, 0.4) is 0 Å². The van der Waals surface area contributed by atoms with Gasteiger partial charge in [0.25, 0.3) is 0 Å². The lowest BCUT2D eigenvalue weighted by atomic mass is 10.2. The Kier molecular flexibility index (Phi) is 4.39. The lowest BCUT2D eigenvalue weighted by Gasteiger charge is -2.10. The van der Waals surface area contributed by atoms with E-state index >= 15 is 0 Å². The van der Waals surface area contributed by atoms with E-state index in [1.54, 1.807) is 0 Å². The van der Waals surface area contributed by atoms with E-state index in [4.69, 9.17) is 21.3 Å². The molecule has 0 fully saturated rings. The van der Waals surface area contributed by atoms with Gasteiger partial charge < -0.3 is 21.3 Å². The van der Waals surface area contributed by atoms with E-state index in [-0.39, 0.29) is 13.2 Å². The van der Waals surface area contributed by atoms with E-state index in [1.807, 2.05) is 24.3 Å². The number of hydrogen-bond acceptors (Lipinski definition) is 4. The van der Waals surface area contributed by atoms with Crippen molar-refractivity contribution in [1.82, 2.24) is 0 Å². The molecule has 0 radical (unpaired) electrons. The quantitative estimate of drug-likeness (QED) is 0.611. The predicted molar refractivity (Wildman–Crippen MR) is 54.9 cm³/mol. The Morgan fingerprint density at radius 3 is 2.36 bits per heavy atom. The van der Waals surface area contributed by atoms with Crippen LogP contribution in [0.15, 0.2) is 24.3 Å². The third kappa shape index (κ3) is 3.33. The second-order valence-corrected chi connectivity index (χ2v) is 3.05. The molecule has 14 heavy (non-hydrogen) atoms. The van der Waals surface area contributed by atoms with Gasteiger partial charge in [-0.25, -0.2) is 0 Å². The van der Waals surface area contributed by atoms with Gasteiger partial charge in [-0.15, -0.1) is 0 Å². The molecule has 1 atom stereocenters. The Morgan fingerprint density at radius 1 is 1.21 bits per heavy atom. The number of hydrogen-bond donors (Lipinski definition) is 3. The van der Waals surface area contributed by atoms with Crippen molar-refractivity contribution in [3.8, 4) is 5.75 Å². The summed E-state index contributed by atoms with van der Waals surface area (Å²) in [5.74, 6) is 0.717. The zero-order chi connectivity index (χ0) is 10.4. The highest BCUT2D eigenvalue weighted by molar-refractivity contribution is 5.27. The first kappa shape index (κ1) is 11.0. The fourth-order valence-corrected chi connectivity index (χ4v) is 0.982. The summed E-state index contributed by atoms with van der Waals surface area (Å²) in [6.07, 6.45) is -0.607. The van der Waals surface area contributed by atoms with Crippen molar-refractivity contribution in [1.29, 1.82) is 0 Å². The van der Waals surface area contributed by atoms with Crippen molar-refractivity contribution in [3.63, 3.8) is 0 Å². The fraction of sp³-hybridized carbons (Fsp3) is 0.400. The highest BCUT2D eigenvalue weighted by atomic mass is 16.5. The molecule has 0 heterocycles. The fourth-order valence-electron chi connectivity index (χ4n) is 0.982. The number of aliphatic hydroxyl groups is 1. The lowest BCUT2D eigenvalue weighted by Crippen LogP contribution is -2.26. The van der Waals surface area contributed by atoms with Gasteiger partial charge in [0.15, 0.2) is 0 Å². The van der Waals surface area contributed by atoms with Gasteiger partial charge in [0.1, 0.15) is 18.5 Å². The predicted octanol–water partition coefficient (Wildman–Crippen LogP) is -0.156. The van der Waals surface area contributed by atoms with Gasteiger partial charge in [-0.3, -0.25) is 0 Å². The van der Waals surface area contributed by atoms with Crippen LogP contribution in [0.4, 0.5) is 0 Å². The molecule has 5 N–H and O–H groups in total. The Labute approximate surface area is 83.5 Å². The molecule has 1 unspecified atom stereocenters. The van der Waals surface area contributed by atoms with Gasteiger partial charge in [-0.2, -0.15) is 0 Å². The maximum absolute atomic E-state index is 9.15. The maximum Gasteiger partial charge on any atom is 0.119 e. The molecule has 1 aromatic rings. The minimum absolute atomic E-state index is 0.209. The third-order valence-corrected chi connectivity index (χ3v) is 1.87. The van der Waals surface area contributed by atoms with E-state index in [1.165, 1.54) is 0 Å². The van der Waals surface area contributed by atoms with E-state index in [0.29, 0.717) is 6.54 Å². The van der Waals surface area contributed by atoms with Gasteiger partial charge in [0, 0.05) is 13.1 Å². The summed E-state index contributed by atoms with van der Waals surface area (Å²) >= 11 is 0. The number of rotatable bonds is 5. The summed E-state index contributed by atoms with van der Waals surface area (Å²) in [5, 5.41) is 9.15. The molecular formula is C10H16N2O2. The minimum atomic E-state index is -0.607. The Morgan fingerprint density at radius 2 is 1.86 bits per heavy atom. The average Bonchev–Trinajstić information content (AvgIpc) is 2.26. The van der Waals surface area contributed by atoms with Crippen LogP contribution in [-0.4, -0.2) is 24.4 Å². The summed E-state index contributed by atoms with van der Waals surface area (Å²) in [5.41, 5.74) is 11.7. The molecule has 0 aliphatic heterocycles. The average molecular weight is 196 g/mol. The molecule has 0 aliphatic carbocycles. The summed E-state index contributed by atoms with van der Waals surface area (Å²) in [4.78, 5) is 0. The van der Waals surface area contributed by atoms with Crippen molar-refractivity contribution < 1.29 is 9.84 Å². The van der Waals surface area contributed by atoms with Gasteiger partial charge in [-0.05, 0) is 17.7 Å². The Hall–Kier alpha value is -1.10. The second kappa shape index (κ2) is 5.59. The topological polar surface area (TPSA) is 81.5 Å². The summed E-state index contributed by atoms with van der Waals surface area (Å²) < 4.78 is 5.29. The first-order chi connectivity index (χ1) is 6.76. The van der Waals surface area contributed by atoms with Crippen LogP contribution < -0.4 is 16.2 Å². The molecule has 0 saturated heterocycles. The molecule has 78 valence electrons. The van der Waals surface area contributed by atoms with E-state index in [0.717, 1.165) is 11.3 Å². The summed E-state index contributed by atoms with van der Waals surface area (Å²) in [7, 11) is 0. The van der Waals surface area contributed by atoms with Crippen LogP contribution in [0.5, 0.6) is 5.75 Å². The molecule has 0 saturated carbocycles. The molecule has 4 nitrogen and oxygen atoms in total. The van der Waals surface area contributed by atoms with E-state index < -0.39 is 6.10 Å². The first-order valence-electron chi connectivity index (χ1n) is 4.56. The van der Waals surface area contributed by atoms with Crippen molar-refractivity contribution >= 4 is 0 Å². The molecule has 0 bridgehead atoms. The van der Waals surface area contributed by atoms with E-state index in [9.17, 15) is 0 Å². The summed E-state index contributed by atoms with van der Waals surface area (Å²) in [6.45, 7) is 0.949. The second-order valence-electron chi connectivity index (χ2n) is 3.05. The molecule has 1 rings (SSSR count). The number of benzene rings is 1. The SMILES string of the molecule is NCc1ccc(OCC(O)CN)cc1. The van der Waals surface area contributed by atoms with Crippen LogP contribution in [-0.2, 0) is 6.54 Å². The standard InChI is InChI=1S/C10H16N2O2/c11-5-8-1-3-10(4-2-8)14-7-9(13)6-12/h1-4,9,13H,5-7,11-12H2. The van der Waals surface area contributed by atoms with Crippen molar-refractivity contribution in [2.24, 2.45) is 11.5 Å². The normalized spacial score (nSPS) is 12.5. The Bertz CT molecular complexity index is 261. The third-order valence-electron chi connectivity index (χ3n) is 1.87. The zero-order valence-corrected chi connectivity index (χ0v) is 8.02. The van der Waals surface area contributed by atoms with Crippen molar-refractivity contribution in [2.75, 3.05) is 13.2 Å². The molecule has 4 heteroatoms. The highest BCUT2D eigenvalue weighted by Crippen LogP contribution is 2.11. The molecule has 0 spiro atoms. The number of ether oxygens (including phenoxy) is 1. The highest BCUT2D eigenvalue weighted by Gasteiger charge is 2.01. The number of aliphatic hydroxyl groups excluding tert-OH is 1. The van der Waals surface area contributed by atoms with Crippen LogP contribution in [0, 0.1) is 0 Å². The summed E-state index contributed by atoms with van der Waals surface area (Å²) in [6, 6.07) is 7.44. The molecular weight excluding hydrogens is 180 g/mol. The number of nitrogens with two attached hydrogens (primary N) is 2. The van der Waals surface area contributed by atoms with Crippen LogP contribution in [0.1, 0.15) is 5.56 Å². The smallest absolute Gasteiger partial charge is 0.119 e. The monoisotopic (exact) mass is 196 g/mol. The lowest BCUT2D eigenvalue weighted by molar-refractivity contribution is 0.114. The largest absolute Gasteiger partial charge is 0.491 e. The molecule has 0 aromatic heterocycles. The van der Waals surface area contributed by atoms with Crippen LogP contribution >= 0.6 is 0 Å². The van der Waals surface area contributed by atoms with Crippen LogP contribution in [0.25, 0.3) is 0 Å². The minimum Gasteiger partial charge on any atom is -0.491 e. The van der Waals surface area contributed by atoms with Gasteiger partial charge in [0.05, 0.1) is 0 Å². The maximum atomic E-state index is 9.15. The van der Waals surface area contributed by atoms with Crippen molar-refractivity contribution in [2.45, 2.75) is 12.6 Å². The van der Waals surface area contributed by atoms with Gasteiger partial charge >= 0.3 is 0 Å². The molecule has 0 amide bonds. The van der Waals surface area contributed by atoms with Gasteiger partial charge in [0.2, 0.25) is 0 Å². The van der Waals surface area contributed by atoms with E-state index in [2.05, 4.69) is 0 Å². The zero-order valence-electron chi connectivity index (χ0n) is 8.02. The first-order valence-corrected chi connectivity index (χ1v) is 4.56. The Balaban J connectivity index is 2.43. The van der Waals surface area contributed by atoms with Crippen molar-refractivity contribution in [3.05, 3.63) is 29.8 Å².